The molecule has 0 amide bonds. The molecular weight excluding hydrogens is 698 g/mol. The van der Waals surface area contributed by atoms with Gasteiger partial charge in [-0.1, -0.05) is 36.4 Å². The van der Waals surface area contributed by atoms with E-state index in [9.17, 15) is 22.4 Å². The van der Waals surface area contributed by atoms with E-state index < -0.39 is 17.3 Å². The Kier molecular flexibility index (Phi) is 8.97. The summed E-state index contributed by atoms with van der Waals surface area (Å²) in [6.07, 6.45) is -3.23. The minimum absolute atomic E-state index is 0.0613. The Morgan fingerprint density at radius 3 is 2.47 bits per heavy atom. The number of alkyl halides is 3. The number of rotatable bonds is 8. The maximum Gasteiger partial charge on any atom is 0.416 e. The molecule has 0 atom stereocenters. The molecule has 0 saturated carbocycles. The standard InChI is InChI=1S/C31H21Br2F4N3O3/c1-2-42-25-15-20(26(32)27(33)28(25)43-17-18-7-5-10-22(34)13-18)16-38-40-29(19-8-6-9-21(14-19)31(35,36)37)39-24-12-4-3-11-23(24)30(40)41/h3-16H,2,17H2,1H3. The summed E-state index contributed by atoms with van der Waals surface area (Å²) in [6, 6.07) is 18.7. The average molecular weight is 719 g/mol. The van der Waals surface area contributed by atoms with E-state index >= 15 is 0 Å². The molecule has 12 heteroatoms. The SMILES string of the molecule is CCOc1cc(C=Nn2c(-c3cccc(C(F)(F)F)c3)nc3ccccc3c2=O)c(Br)c(Br)c1OCc1cccc(F)c1. The molecule has 0 unspecified atom stereocenters. The van der Waals surface area contributed by atoms with Crippen molar-refractivity contribution in [1.82, 2.24) is 9.66 Å². The highest BCUT2D eigenvalue weighted by molar-refractivity contribution is 9.13. The van der Waals surface area contributed by atoms with Crippen molar-refractivity contribution in [3.8, 4) is 22.9 Å². The summed E-state index contributed by atoms with van der Waals surface area (Å²) in [5.41, 5.74) is -0.000821. The molecule has 0 N–H and O–H groups in total. The third-order valence-electron chi connectivity index (χ3n) is 6.24. The monoisotopic (exact) mass is 717 g/mol. The van der Waals surface area contributed by atoms with E-state index in [1.807, 2.05) is 0 Å². The summed E-state index contributed by atoms with van der Waals surface area (Å²) in [5, 5.41) is 4.62. The Bertz CT molecular complexity index is 1910. The summed E-state index contributed by atoms with van der Waals surface area (Å²) < 4.78 is 67.9. The second-order valence-electron chi connectivity index (χ2n) is 9.17. The molecule has 0 fully saturated rings. The summed E-state index contributed by atoms with van der Waals surface area (Å²) in [4.78, 5) is 18.0. The molecule has 0 aliphatic heterocycles. The highest BCUT2D eigenvalue weighted by Gasteiger charge is 2.31. The van der Waals surface area contributed by atoms with Crippen LogP contribution in [0.15, 0.2) is 97.7 Å². The van der Waals surface area contributed by atoms with Gasteiger partial charge in [-0.2, -0.15) is 22.9 Å². The molecule has 1 aromatic heterocycles. The lowest BCUT2D eigenvalue weighted by Gasteiger charge is -2.16. The molecule has 220 valence electrons. The zero-order valence-electron chi connectivity index (χ0n) is 22.3. The molecule has 0 bridgehead atoms. The zero-order chi connectivity index (χ0) is 30.7. The van der Waals surface area contributed by atoms with Gasteiger partial charge >= 0.3 is 6.18 Å². The van der Waals surface area contributed by atoms with Crippen molar-refractivity contribution in [2.75, 3.05) is 6.61 Å². The quantitative estimate of drug-likeness (QED) is 0.119. The number of fused-ring (bicyclic) bond motifs is 1. The molecular formula is C31H21Br2F4N3O3. The molecule has 0 saturated heterocycles. The molecule has 1 heterocycles. The van der Waals surface area contributed by atoms with Crippen molar-refractivity contribution in [3.63, 3.8) is 0 Å². The van der Waals surface area contributed by atoms with Crippen molar-refractivity contribution in [2.24, 2.45) is 5.10 Å². The molecule has 5 aromatic rings. The van der Waals surface area contributed by atoms with Crippen LogP contribution in [-0.2, 0) is 12.8 Å². The Balaban J connectivity index is 1.60. The first kappa shape index (κ1) is 30.4. The van der Waals surface area contributed by atoms with Crippen LogP contribution in [0.2, 0.25) is 0 Å². The topological polar surface area (TPSA) is 65.7 Å². The average Bonchev–Trinajstić information content (AvgIpc) is 2.98. The van der Waals surface area contributed by atoms with Crippen LogP contribution in [0.3, 0.4) is 0 Å². The van der Waals surface area contributed by atoms with Gasteiger partial charge in [-0.15, -0.1) is 0 Å². The maximum atomic E-state index is 13.6. The van der Waals surface area contributed by atoms with Gasteiger partial charge in [0.05, 0.1) is 33.8 Å². The van der Waals surface area contributed by atoms with Gasteiger partial charge in [-0.05, 0) is 86.8 Å². The number of ether oxygens (including phenoxy) is 2. The molecule has 5 rings (SSSR count). The lowest BCUT2D eigenvalue weighted by Crippen LogP contribution is -2.20. The van der Waals surface area contributed by atoms with Gasteiger partial charge in [-0.25, -0.2) is 9.37 Å². The van der Waals surface area contributed by atoms with Crippen LogP contribution in [0.4, 0.5) is 17.6 Å². The number of para-hydroxylation sites is 1. The van der Waals surface area contributed by atoms with E-state index in [4.69, 9.17) is 9.47 Å². The van der Waals surface area contributed by atoms with Crippen LogP contribution >= 0.6 is 31.9 Å². The molecule has 6 nitrogen and oxygen atoms in total. The molecule has 43 heavy (non-hydrogen) atoms. The van der Waals surface area contributed by atoms with Gasteiger partial charge in [0.25, 0.3) is 5.56 Å². The number of hydrogen-bond acceptors (Lipinski definition) is 5. The molecule has 0 aliphatic carbocycles. The van der Waals surface area contributed by atoms with Crippen LogP contribution in [0, 0.1) is 5.82 Å². The van der Waals surface area contributed by atoms with Gasteiger partial charge < -0.3 is 9.47 Å². The van der Waals surface area contributed by atoms with Gasteiger partial charge in [0, 0.05) is 15.6 Å². The first-order valence-corrected chi connectivity index (χ1v) is 14.4. The Morgan fingerprint density at radius 2 is 1.72 bits per heavy atom. The molecule has 0 spiro atoms. The van der Waals surface area contributed by atoms with Gasteiger partial charge in [0.2, 0.25) is 0 Å². The molecule has 0 aliphatic rings. The third kappa shape index (κ3) is 6.65. The fraction of sp³-hybridized carbons (Fsp3) is 0.129. The second-order valence-corrected chi connectivity index (χ2v) is 10.8. The molecule has 0 radical (unpaired) electrons. The second kappa shape index (κ2) is 12.7. The predicted octanol–water partition coefficient (Wildman–Crippen LogP) is 8.61. The fourth-order valence-electron chi connectivity index (χ4n) is 4.25. The third-order valence-corrected chi connectivity index (χ3v) is 8.39. The summed E-state index contributed by atoms with van der Waals surface area (Å²) in [7, 11) is 0. The zero-order valence-corrected chi connectivity index (χ0v) is 25.5. The van der Waals surface area contributed by atoms with E-state index in [0.717, 1.165) is 16.8 Å². The predicted molar refractivity (Wildman–Crippen MR) is 163 cm³/mol. The van der Waals surface area contributed by atoms with Gasteiger partial charge in [-0.3, -0.25) is 4.79 Å². The number of halogens is 6. The van der Waals surface area contributed by atoms with Crippen LogP contribution in [-0.4, -0.2) is 22.5 Å². The van der Waals surface area contributed by atoms with Crippen LogP contribution in [0.1, 0.15) is 23.6 Å². The van der Waals surface area contributed by atoms with E-state index in [-0.39, 0.29) is 29.2 Å². The first-order chi connectivity index (χ1) is 20.6. The fourth-order valence-corrected chi connectivity index (χ4v) is 5.19. The Hall–Kier alpha value is -4.03. The lowest BCUT2D eigenvalue weighted by atomic mass is 10.1. The van der Waals surface area contributed by atoms with Gasteiger partial charge in [0.15, 0.2) is 17.3 Å². The van der Waals surface area contributed by atoms with Crippen molar-refractivity contribution in [3.05, 3.63) is 121 Å². The van der Waals surface area contributed by atoms with Crippen molar-refractivity contribution in [2.45, 2.75) is 19.7 Å². The smallest absolute Gasteiger partial charge is 0.416 e. The Labute approximate surface area is 259 Å². The van der Waals surface area contributed by atoms with E-state index in [2.05, 4.69) is 41.9 Å². The van der Waals surface area contributed by atoms with E-state index in [1.165, 1.54) is 30.5 Å². The Morgan fingerprint density at radius 1 is 0.953 bits per heavy atom. The number of hydrogen-bond donors (Lipinski definition) is 0. The maximum absolute atomic E-state index is 13.6. The lowest BCUT2D eigenvalue weighted by molar-refractivity contribution is -0.137. The van der Waals surface area contributed by atoms with E-state index in [0.29, 0.717) is 43.7 Å². The van der Waals surface area contributed by atoms with Crippen LogP contribution < -0.4 is 15.0 Å². The largest absolute Gasteiger partial charge is 0.490 e. The first-order valence-electron chi connectivity index (χ1n) is 12.8. The minimum Gasteiger partial charge on any atom is -0.490 e. The van der Waals surface area contributed by atoms with Crippen molar-refractivity contribution < 1.29 is 27.0 Å². The highest BCUT2D eigenvalue weighted by atomic mass is 79.9. The van der Waals surface area contributed by atoms with Crippen molar-refractivity contribution >= 4 is 49.0 Å². The summed E-state index contributed by atoms with van der Waals surface area (Å²) >= 11 is 7.04. The van der Waals surface area contributed by atoms with E-state index in [1.54, 1.807) is 49.4 Å². The number of benzene rings is 4. The van der Waals surface area contributed by atoms with Crippen LogP contribution in [0.5, 0.6) is 11.5 Å². The van der Waals surface area contributed by atoms with Gasteiger partial charge in [0.1, 0.15) is 12.4 Å². The minimum atomic E-state index is -4.59. The normalized spacial score (nSPS) is 11.8. The summed E-state index contributed by atoms with van der Waals surface area (Å²) in [6.45, 7) is 2.16. The number of aromatic nitrogens is 2. The van der Waals surface area contributed by atoms with Crippen LogP contribution in [0.25, 0.3) is 22.3 Å². The summed E-state index contributed by atoms with van der Waals surface area (Å²) in [5.74, 6) is 0.240. The van der Waals surface area contributed by atoms with Crippen molar-refractivity contribution in [1.29, 1.82) is 0 Å². The highest BCUT2D eigenvalue weighted by Crippen LogP contribution is 2.43. The molecule has 4 aromatic carbocycles. The number of nitrogens with zero attached hydrogens (tertiary/aromatic N) is 3.